The number of hydrogen-bond donors (Lipinski definition) is 4. The van der Waals surface area contributed by atoms with Gasteiger partial charge in [-0.05, 0) is 19.5 Å². The first-order valence-corrected chi connectivity index (χ1v) is 3.04. The molecule has 0 heterocycles. The maximum atomic E-state index is 8.31. The van der Waals surface area contributed by atoms with Crippen LogP contribution < -0.4 is 11.1 Å². The van der Waals surface area contributed by atoms with Crippen molar-refractivity contribution < 1.29 is 10.2 Å². The van der Waals surface area contributed by atoms with E-state index >= 15 is 0 Å². The molecular formula is C5H14N2O2. The average molecular weight is 134 g/mol. The molecular weight excluding hydrogens is 120 g/mol. The fourth-order valence-corrected chi connectivity index (χ4v) is 0.458. The summed E-state index contributed by atoms with van der Waals surface area (Å²) >= 11 is 0. The van der Waals surface area contributed by atoms with Gasteiger partial charge in [0.1, 0.15) is 0 Å². The second-order valence-corrected chi connectivity index (χ2v) is 1.83. The maximum absolute atomic E-state index is 8.31. The monoisotopic (exact) mass is 134 g/mol. The van der Waals surface area contributed by atoms with Crippen molar-refractivity contribution in [2.45, 2.75) is 12.7 Å². The summed E-state index contributed by atoms with van der Waals surface area (Å²) in [6, 6.07) is 0. The van der Waals surface area contributed by atoms with Gasteiger partial charge in [-0.2, -0.15) is 0 Å². The molecule has 0 fully saturated rings. The largest absolute Gasteiger partial charge is 0.367 e. The summed E-state index contributed by atoms with van der Waals surface area (Å²) in [5.74, 6) is 0. The molecule has 0 unspecified atom stereocenters. The van der Waals surface area contributed by atoms with Crippen molar-refractivity contribution in [3.8, 4) is 0 Å². The highest BCUT2D eigenvalue weighted by atomic mass is 16.5. The first kappa shape index (κ1) is 8.84. The number of nitrogens with one attached hydrogen (secondary N) is 1. The van der Waals surface area contributed by atoms with Crippen molar-refractivity contribution in [1.29, 1.82) is 0 Å². The molecule has 0 bridgehead atoms. The standard InChI is InChI=1S/C5H14N2O2/c6-2-1-3-7-4-5(8)9/h5,7-9H,1-4,6H2. The summed E-state index contributed by atoms with van der Waals surface area (Å²) in [7, 11) is 0. The summed E-state index contributed by atoms with van der Waals surface area (Å²) in [5.41, 5.74) is 5.18. The quantitative estimate of drug-likeness (QED) is 0.265. The van der Waals surface area contributed by atoms with Crippen LogP contribution in [0.25, 0.3) is 0 Å². The Hall–Kier alpha value is -0.160. The van der Waals surface area contributed by atoms with Gasteiger partial charge in [0.15, 0.2) is 6.29 Å². The average Bonchev–Trinajstić information content (AvgIpc) is 1.80. The van der Waals surface area contributed by atoms with E-state index in [0.717, 1.165) is 13.0 Å². The third-order valence-corrected chi connectivity index (χ3v) is 0.885. The van der Waals surface area contributed by atoms with Gasteiger partial charge in [-0.1, -0.05) is 0 Å². The lowest BCUT2D eigenvalue weighted by molar-refractivity contribution is -0.0370. The Morgan fingerprint density at radius 2 is 2.11 bits per heavy atom. The topological polar surface area (TPSA) is 78.5 Å². The Balaban J connectivity index is 2.75. The summed E-state index contributed by atoms with van der Waals surface area (Å²) in [4.78, 5) is 0. The fraction of sp³-hybridized carbons (Fsp3) is 1.00. The molecule has 0 spiro atoms. The smallest absolute Gasteiger partial charge is 0.164 e. The SMILES string of the molecule is NCCCNCC(O)O. The highest BCUT2D eigenvalue weighted by Crippen LogP contribution is 1.72. The Morgan fingerprint density at radius 1 is 1.44 bits per heavy atom. The lowest BCUT2D eigenvalue weighted by Gasteiger charge is -2.03. The zero-order chi connectivity index (χ0) is 7.11. The molecule has 0 aliphatic rings. The summed E-state index contributed by atoms with van der Waals surface area (Å²) in [6.45, 7) is 1.60. The van der Waals surface area contributed by atoms with Crippen LogP contribution in [0.15, 0.2) is 0 Å². The third kappa shape index (κ3) is 7.84. The van der Waals surface area contributed by atoms with Crippen LogP contribution in [0.5, 0.6) is 0 Å². The second-order valence-electron chi connectivity index (χ2n) is 1.83. The zero-order valence-corrected chi connectivity index (χ0v) is 5.38. The molecule has 0 aromatic heterocycles. The van der Waals surface area contributed by atoms with E-state index in [1.807, 2.05) is 0 Å². The molecule has 0 radical (unpaired) electrons. The van der Waals surface area contributed by atoms with E-state index in [-0.39, 0.29) is 6.54 Å². The van der Waals surface area contributed by atoms with Crippen LogP contribution in [0, 0.1) is 0 Å². The van der Waals surface area contributed by atoms with E-state index < -0.39 is 6.29 Å². The Morgan fingerprint density at radius 3 is 2.56 bits per heavy atom. The van der Waals surface area contributed by atoms with Crippen molar-refractivity contribution in [3.05, 3.63) is 0 Å². The van der Waals surface area contributed by atoms with E-state index in [1.54, 1.807) is 0 Å². The lowest BCUT2D eigenvalue weighted by atomic mass is 10.4. The van der Waals surface area contributed by atoms with Crippen molar-refractivity contribution in [1.82, 2.24) is 5.32 Å². The van der Waals surface area contributed by atoms with E-state index in [2.05, 4.69) is 5.32 Å². The van der Waals surface area contributed by atoms with Gasteiger partial charge in [-0.3, -0.25) is 0 Å². The van der Waals surface area contributed by atoms with E-state index in [4.69, 9.17) is 15.9 Å². The van der Waals surface area contributed by atoms with Gasteiger partial charge in [-0.25, -0.2) is 0 Å². The zero-order valence-electron chi connectivity index (χ0n) is 5.38. The van der Waals surface area contributed by atoms with Crippen LogP contribution in [0.3, 0.4) is 0 Å². The van der Waals surface area contributed by atoms with Gasteiger partial charge < -0.3 is 21.3 Å². The molecule has 0 aromatic rings. The van der Waals surface area contributed by atoms with Gasteiger partial charge in [0, 0.05) is 6.54 Å². The molecule has 0 saturated carbocycles. The molecule has 0 atom stereocenters. The first-order chi connectivity index (χ1) is 4.27. The summed E-state index contributed by atoms with van der Waals surface area (Å²) in [6.07, 6.45) is -0.380. The van der Waals surface area contributed by atoms with Gasteiger partial charge in [0.2, 0.25) is 0 Å². The van der Waals surface area contributed by atoms with Crippen LogP contribution in [-0.2, 0) is 0 Å². The number of hydrogen-bond acceptors (Lipinski definition) is 4. The minimum absolute atomic E-state index is 0.222. The lowest BCUT2D eigenvalue weighted by Crippen LogP contribution is -2.28. The van der Waals surface area contributed by atoms with Crippen molar-refractivity contribution >= 4 is 0 Å². The molecule has 0 aliphatic heterocycles. The minimum atomic E-state index is -1.25. The van der Waals surface area contributed by atoms with Crippen LogP contribution in [0.1, 0.15) is 6.42 Å². The molecule has 0 saturated heterocycles. The highest BCUT2D eigenvalue weighted by Gasteiger charge is 1.92. The maximum Gasteiger partial charge on any atom is 0.164 e. The van der Waals surface area contributed by atoms with E-state index in [9.17, 15) is 0 Å². The molecule has 0 rings (SSSR count). The van der Waals surface area contributed by atoms with Gasteiger partial charge in [0.05, 0.1) is 0 Å². The Bertz CT molecular complexity index is 58.9. The van der Waals surface area contributed by atoms with Crippen molar-refractivity contribution in [3.63, 3.8) is 0 Å². The third-order valence-electron chi connectivity index (χ3n) is 0.885. The Kier molecular flexibility index (Phi) is 5.86. The van der Waals surface area contributed by atoms with Gasteiger partial charge >= 0.3 is 0 Å². The van der Waals surface area contributed by atoms with Crippen molar-refractivity contribution in [2.75, 3.05) is 19.6 Å². The second kappa shape index (κ2) is 5.97. The highest BCUT2D eigenvalue weighted by molar-refractivity contribution is 4.47. The minimum Gasteiger partial charge on any atom is -0.367 e. The fourth-order valence-electron chi connectivity index (χ4n) is 0.458. The molecule has 0 aliphatic carbocycles. The number of aliphatic hydroxyl groups excluding tert-OH is 1. The molecule has 56 valence electrons. The molecule has 9 heavy (non-hydrogen) atoms. The summed E-state index contributed by atoms with van der Waals surface area (Å²) in [5, 5.41) is 19.4. The van der Waals surface area contributed by atoms with Crippen molar-refractivity contribution in [2.24, 2.45) is 5.73 Å². The predicted molar refractivity (Wildman–Crippen MR) is 34.8 cm³/mol. The Labute approximate surface area is 54.7 Å². The van der Waals surface area contributed by atoms with Gasteiger partial charge in [0.25, 0.3) is 0 Å². The molecule has 0 amide bonds. The predicted octanol–water partition coefficient (Wildman–Crippen LogP) is -1.76. The van der Waals surface area contributed by atoms with Gasteiger partial charge in [-0.15, -0.1) is 0 Å². The van der Waals surface area contributed by atoms with Crippen LogP contribution in [0.4, 0.5) is 0 Å². The number of rotatable bonds is 5. The first-order valence-electron chi connectivity index (χ1n) is 3.04. The van der Waals surface area contributed by atoms with E-state index in [0.29, 0.717) is 6.54 Å². The van der Waals surface area contributed by atoms with Crippen LogP contribution in [-0.4, -0.2) is 36.1 Å². The van der Waals surface area contributed by atoms with E-state index in [1.165, 1.54) is 0 Å². The summed E-state index contributed by atoms with van der Waals surface area (Å²) < 4.78 is 0. The number of aliphatic hydroxyl groups is 2. The van der Waals surface area contributed by atoms with Crippen LogP contribution in [0.2, 0.25) is 0 Å². The molecule has 5 N–H and O–H groups in total. The molecule has 4 heteroatoms. The molecule has 4 nitrogen and oxygen atoms in total. The molecule has 0 aromatic carbocycles. The van der Waals surface area contributed by atoms with Crippen LogP contribution >= 0.6 is 0 Å². The number of nitrogens with two attached hydrogens (primary N) is 1. The normalized spacial score (nSPS) is 10.7.